The van der Waals surface area contributed by atoms with Gasteiger partial charge in [-0.05, 0) is 87.3 Å². The number of rotatable bonds is 4. The molecule has 0 radical (unpaired) electrons. The number of hydrogen-bond donors (Lipinski definition) is 0. The highest BCUT2D eigenvalue weighted by Crippen LogP contribution is 2.41. The second-order valence-electron chi connectivity index (χ2n) is 11.2. The quantitative estimate of drug-likeness (QED) is 0.170. The maximum absolute atomic E-state index is 15.0. The van der Waals surface area contributed by atoms with Crippen LogP contribution in [0.2, 0.25) is 5.02 Å². The van der Waals surface area contributed by atoms with Crippen LogP contribution in [0.25, 0.3) is 22.0 Å². The number of hydrogen-bond acceptors (Lipinski definition) is 4. The van der Waals surface area contributed by atoms with Gasteiger partial charge in [-0.2, -0.15) is 0 Å². The first-order chi connectivity index (χ1) is 19.8. The molecule has 2 heterocycles. The summed E-state index contributed by atoms with van der Waals surface area (Å²) < 4.78 is 83.0. The third-order valence-corrected chi connectivity index (χ3v) is 9.73. The lowest BCUT2D eigenvalue weighted by Gasteiger charge is -2.36. The number of nitrogens with zero attached hydrogens (tertiary/aromatic N) is 2. The van der Waals surface area contributed by atoms with Gasteiger partial charge in [0.15, 0.2) is 33.1 Å². The average molecular weight is 619 g/mol. The van der Waals surface area contributed by atoms with Gasteiger partial charge in [0.1, 0.15) is 4.90 Å². The molecule has 222 valence electrons. The Balaban J connectivity index is 1.47. The van der Waals surface area contributed by atoms with Crippen molar-refractivity contribution in [1.82, 2.24) is 4.98 Å². The van der Waals surface area contributed by atoms with E-state index in [4.69, 9.17) is 11.6 Å². The van der Waals surface area contributed by atoms with E-state index in [1.54, 1.807) is 6.20 Å². The fraction of sp³-hybridized carbons (Fsp3) is 0.344. The topological polar surface area (TPSA) is 50.3 Å². The second-order valence-corrected chi connectivity index (χ2v) is 13.5. The van der Waals surface area contributed by atoms with Crippen LogP contribution >= 0.6 is 11.6 Å². The molecule has 1 aliphatic rings. The molecule has 0 spiro atoms. The van der Waals surface area contributed by atoms with E-state index in [0.717, 1.165) is 38.8 Å². The van der Waals surface area contributed by atoms with Crippen molar-refractivity contribution in [3.05, 3.63) is 87.6 Å². The summed E-state index contributed by atoms with van der Waals surface area (Å²) >= 11 is 6.85. The lowest BCUT2D eigenvalue weighted by atomic mass is 9.85. The summed E-state index contributed by atoms with van der Waals surface area (Å²) in [4.78, 5) is 5.25. The van der Waals surface area contributed by atoms with E-state index in [9.17, 15) is 17.2 Å². The minimum atomic E-state index is -4.51. The molecule has 0 amide bonds. The molecule has 4 aromatic rings. The van der Waals surface area contributed by atoms with Crippen LogP contribution in [-0.4, -0.2) is 32.2 Å². The number of anilines is 1. The number of halogens is 5. The van der Waals surface area contributed by atoms with Crippen molar-refractivity contribution in [1.29, 1.82) is 0 Å². The van der Waals surface area contributed by atoms with Crippen LogP contribution in [0.3, 0.4) is 0 Å². The molecule has 1 unspecified atom stereocenters. The van der Waals surface area contributed by atoms with Crippen LogP contribution in [0, 0.1) is 37.1 Å². The van der Waals surface area contributed by atoms with Gasteiger partial charge >= 0.3 is 0 Å². The second kappa shape index (κ2) is 11.5. The van der Waals surface area contributed by atoms with E-state index in [0.29, 0.717) is 30.7 Å². The van der Waals surface area contributed by atoms with Gasteiger partial charge in [0.2, 0.25) is 0 Å². The van der Waals surface area contributed by atoms with Gasteiger partial charge in [0, 0.05) is 52.3 Å². The molecule has 42 heavy (non-hydrogen) atoms. The van der Waals surface area contributed by atoms with Gasteiger partial charge in [-0.25, -0.2) is 26.0 Å². The van der Waals surface area contributed by atoms with Gasteiger partial charge in [-0.1, -0.05) is 29.8 Å². The van der Waals surface area contributed by atoms with Crippen molar-refractivity contribution in [3.63, 3.8) is 0 Å². The molecule has 0 aliphatic carbocycles. The highest BCUT2D eigenvalue weighted by atomic mass is 35.5. The van der Waals surface area contributed by atoms with Crippen molar-refractivity contribution >= 4 is 38.0 Å². The van der Waals surface area contributed by atoms with Gasteiger partial charge < -0.3 is 4.90 Å². The van der Waals surface area contributed by atoms with E-state index < -0.39 is 49.5 Å². The number of fused-ring (bicyclic) bond motifs is 1. The highest BCUT2D eigenvalue weighted by molar-refractivity contribution is 7.90. The zero-order valence-corrected chi connectivity index (χ0v) is 25.3. The van der Waals surface area contributed by atoms with Gasteiger partial charge in [-0.3, -0.25) is 4.98 Å². The Labute approximate surface area is 248 Å². The number of sulfone groups is 1. The van der Waals surface area contributed by atoms with E-state index in [1.165, 1.54) is 0 Å². The summed E-state index contributed by atoms with van der Waals surface area (Å²) in [6, 6.07) is 11.8. The average Bonchev–Trinajstić information content (AvgIpc) is 2.90. The summed E-state index contributed by atoms with van der Waals surface area (Å²) in [6.45, 7) is 6.59. The molecule has 1 saturated heterocycles. The molecule has 1 fully saturated rings. The van der Waals surface area contributed by atoms with E-state index in [1.807, 2.05) is 57.2 Å². The minimum absolute atomic E-state index is 0.0911. The van der Waals surface area contributed by atoms with Crippen LogP contribution in [0.15, 0.2) is 47.5 Å². The van der Waals surface area contributed by atoms with Crippen molar-refractivity contribution in [2.45, 2.75) is 63.3 Å². The van der Waals surface area contributed by atoms with Crippen LogP contribution in [-0.2, 0) is 9.84 Å². The Morgan fingerprint density at radius 3 is 2.19 bits per heavy atom. The summed E-state index contributed by atoms with van der Waals surface area (Å²) in [6.07, 6.45) is 3.72. The maximum Gasteiger partial charge on any atom is 0.181 e. The fourth-order valence-electron chi connectivity index (χ4n) is 6.26. The monoisotopic (exact) mass is 618 g/mol. The fourth-order valence-corrected chi connectivity index (χ4v) is 7.35. The van der Waals surface area contributed by atoms with E-state index >= 15 is 8.78 Å². The molecule has 1 aromatic heterocycles. The smallest absolute Gasteiger partial charge is 0.181 e. The number of benzene rings is 3. The standard InChI is InChI=1S/C32H31ClF4N2O2S/c1-17-7-5-8-18(2)26(17)21-16-24-22(15-23(21)33)25(12-13-38-24)39-14-6-9-20(11-10-19(39)3)27-28(34)30(36)32(42(4,40)41)31(37)29(27)35/h5,7-8,12-13,15-16,19-20H,6,9-11,14H2,1-4H3/t19-,20?/m0/s1. The van der Waals surface area contributed by atoms with Crippen LogP contribution in [0.4, 0.5) is 23.2 Å². The Kier molecular flexibility index (Phi) is 8.29. The summed E-state index contributed by atoms with van der Waals surface area (Å²) in [5.41, 5.74) is 5.17. The lowest BCUT2D eigenvalue weighted by Crippen LogP contribution is -2.36. The van der Waals surface area contributed by atoms with Gasteiger partial charge in [0.25, 0.3) is 0 Å². The number of pyridine rings is 1. The molecule has 0 saturated carbocycles. The van der Waals surface area contributed by atoms with Crippen LogP contribution in [0.1, 0.15) is 55.2 Å². The zero-order valence-electron chi connectivity index (χ0n) is 23.7. The third-order valence-electron chi connectivity index (χ3n) is 8.32. The molecule has 0 N–H and O–H groups in total. The first-order valence-corrected chi connectivity index (χ1v) is 16.1. The van der Waals surface area contributed by atoms with Crippen molar-refractivity contribution in [3.8, 4) is 11.1 Å². The lowest BCUT2D eigenvalue weighted by molar-refractivity contribution is 0.374. The third kappa shape index (κ3) is 5.37. The maximum atomic E-state index is 15.0. The first-order valence-electron chi connectivity index (χ1n) is 13.8. The van der Waals surface area contributed by atoms with E-state index in [2.05, 4.69) is 9.88 Å². The molecule has 3 aromatic carbocycles. The minimum Gasteiger partial charge on any atom is -0.368 e. The molecule has 10 heteroatoms. The largest absolute Gasteiger partial charge is 0.368 e. The van der Waals surface area contributed by atoms with Gasteiger partial charge in [-0.15, -0.1) is 0 Å². The van der Waals surface area contributed by atoms with Crippen molar-refractivity contribution in [2.24, 2.45) is 0 Å². The predicted octanol–water partition coefficient (Wildman–Crippen LogP) is 8.68. The van der Waals surface area contributed by atoms with Crippen LogP contribution < -0.4 is 4.90 Å². The van der Waals surface area contributed by atoms with E-state index in [-0.39, 0.29) is 18.9 Å². The molecule has 5 rings (SSSR count). The Bertz CT molecular complexity index is 1760. The molecular formula is C32H31ClF4N2O2S. The normalized spacial score (nSPS) is 18.3. The molecule has 2 atom stereocenters. The molecule has 1 aliphatic heterocycles. The Hall–Kier alpha value is -3.17. The van der Waals surface area contributed by atoms with Gasteiger partial charge in [0.05, 0.1) is 5.52 Å². The van der Waals surface area contributed by atoms with Crippen LogP contribution in [0.5, 0.6) is 0 Å². The molecule has 4 nitrogen and oxygen atoms in total. The number of aryl methyl sites for hydroxylation is 2. The summed E-state index contributed by atoms with van der Waals surface area (Å²) in [5, 5.41) is 1.47. The zero-order chi connectivity index (χ0) is 30.5. The first kappa shape index (κ1) is 30.3. The Morgan fingerprint density at radius 2 is 1.57 bits per heavy atom. The highest BCUT2D eigenvalue weighted by Gasteiger charge is 2.34. The molecule has 0 bridgehead atoms. The summed E-state index contributed by atoms with van der Waals surface area (Å²) in [7, 11) is -4.51. The van der Waals surface area contributed by atoms with Crippen molar-refractivity contribution in [2.75, 3.05) is 17.7 Å². The summed E-state index contributed by atoms with van der Waals surface area (Å²) in [5.74, 6) is -7.83. The van der Waals surface area contributed by atoms with Crippen molar-refractivity contribution < 1.29 is 26.0 Å². The molecular weight excluding hydrogens is 588 g/mol. The predicted molar refractivity (Wildman–Crippen MR) is 159 cm³/mol. The Morgan fingerprint density at radius 1 is 0.929 bits per heavy atom. The SMILES string of the molecule is Cc1cccc(C)c1-c1cc2nccc(N3CCCC(c4c(F)c(F)c(S(C)(=O)=O)c(F)c4F)CC[C@@H]3C)c2cc1Cl. The number of aromatic nitrogens is 1.